The van der Waals surface area contributed by atoms with E-state index < -0.39 is 16.1 Å². The minimum absolute atomic E-state index is 0.268. The van der Waals surface area contributed by atoms with Crippen LogP contribution in [0.3, 0.4) is 0 Å². The molecule has 3 aromatic rings. The van der Waals surface area contributed by atoms with Crippen LogP contribution in [0.4, 0.5) is 0 Å². The Kier molecular flexibility index (Phi) is 4.02. The predicted octanol–water partition coefficient (Wildman–Crippen LogP) is 3.65. The summed E-state index contributed by atoms with van der Waals surface area (Å²) in [6.45, 7) is 1.96. The Hall–Kier alpha value is -2.35. The number of sulfonamides is 1. The van der Waals surface area contributed by atoms with Crippen molar-refractivity contribution in [2.24, 2.45) is 0 Å². The van der Waals surface area contributed by atoms with Crippen molar-refractivity contribution in [2.45, 2.75) is 13.0 Å². The van der Waals surface area contributed by atoms with E-state index in [1.165, 1.54) is 6.26 Å². The van der Waals surface area contributed by atoms with Crippen molar-refractivity contribution in [3.63, 3.8) is 0 Å². The summed E-state index contributed by atoms with van der Waals surface area (Å²) in [5.74, 6) is 0.543. The van der Waals surface area contributed by atoms with Crippen LogP contribution in [0.15, 0.2) is 53.2 Å². The average molecular weight is 390 g/mol. The van der Waals surface area contributed by atoms with Gasteiger partial charge in [-0.2, -0.15) is 0 Å². The van der Waals surface area contributed by atoms with Crippen molar-refractivity contribution in [3.05, 3.63) is 70.8 Å². The highest BCUT2D eigenvalue weighted by molar-refractivity contribution is 7.88. The second-order valence-corrected chi connectivity index (χ2v) is 8.41. The number of halogens is 1. The van der Waals surface area contributed by atoms with E-state index in [9.17, 15) is 8.42 Å². The Morgan fingerprint density at radius 3 is 2.77 bits per heavy atom. The van der Waals surface area contributed by atoms with Gasteiger partial charge in [-0.05, 0) is 36.8 Å². The number of nitrogens with zero attached hydrogens (tertiary/aromatic N) is 2. The van der Waals surface area contributed by atoms with E-state index in [1.807, 2.05) is 31.2 Å². The van der Waals surface area contributed by atoms with Gasteiger partial charge in [-0.15, -0.1) is 4.41 Å². The molecule has 6 nitrogen and oxygen atoms in total. The number of hydrogen-bond acceptors (Lipinski definition) is 5. The topological polar surface area (TPSA) is 75.4 Å². The number of hydrazine groups is 1. The SMILES string of the molecule is Cc1cccc2cc([C@@H]3C=C(c4ccco4)NN3S(C)(=O)=O)c(Cl)nc12. The molecule has 1 atom stereocenters. The van der Waals surface area contributed by atoms with Gasteiger partial charge < -0.3 is 9.84 Å². The van der Waals surface area contributed by atoms with E-state index in [2.05, 4.69) is 10.4 Å². The van der Waals surface area contributed by atoms with E-state index in [4.69, 9.17) is 16.0 Å². The molecule has 8 heteroatoms. The molecule has 1 aliphatic rings. The second kappa shape index (κ2) is 6.12. The van der Waals surface area contributed by atoms with Crippen LogP contribution in [0.25, 0.3) is 16.6 Å². The maximum Gasteiger partial charge on any atom is 0.228 e. The highest BCUT2D eigenvalue weighted by Gasteiger charge is 2.35. The lowest BCUT2D eigenvalue weighted by Crippen LogP contribution is -2.38. The van der Waals surface area contributed by atoms with Crippen LogP contribution in [0.5, 0.6) is 0 Å². The zero-order valence-electron chi connectivity index (χ0n) is 14.1. The van der Waals surface area contributed by atoms with Gasteiger partial charge in [0.15, 0.2) is 5.76 Å². The summed E-state index contributed by atoms with van der Waals surface area (Å²) in [6.07, 6.45) is 4.44. The molecular weight excluding hydrogens is 374 g/mol. The lowest BCUT2D eigenvalue weighted by Gasteiger charge is -2.23. The van der Waals surface area contributed by atoms with E-state index in [0.29, 0.717) is 17.0 Å². The van der Waals surface area contributed by atoms with Gasteiger partial charge in [0.25, 0.3) is 0 Å². The molecule has 0 aliphatic carbocycles. The van der Waals surface area contributed by atoms with Crippen LogP contribution in [0.2, 0.25) is 5.15 Å². The summed E-state index contributed by atoms with van der Waals surface area (Å²) in [5.41, 5.74) is 5.86. The highest BCUT2D eigenvalue weighted by atomic mass is 35.5. The molecule has 0 amide bonds. The van der Waals surface area contributed by atoms with Gasteiger partial charge in [0.2, 0.25) is 10.0 Å². The molecule has 2 aromatic heterocycles. The van der Waals surface area contributed by atoms with E-state index in [1.54, 1.807) is 18.2 Å². The van der Waals surface area contributed by atoms with Crippen LogP contribution in [-0.2, 0) is 10.0 Å². The van der Waals surface area contributed by atoms with Crippen molar-refractivity contribution in [1.82, 2.24) is 14.8 Å². The van der Waals surface area contributed by atoms with Crippen molar-refractivity contribution in [1.29, 1.82) is 0 Å². The smallest absolute Gasteiger partial charge is 0.228 e. The maximum absolute atomic E-state index is 12.3. The number of hydrogen-bond donors (Lipinski definition) is 1. The molecule has 0 spiro atoms. The summed E-state index contributed by atoms with van der Waals surface area (Å²) in [6, 6.07) is 10.6. The first-order chi connectivity index (χ1) is 12.3. The van der Waals surface area contributed by atoms with Crippen molar-refractivity contribution < 1.29 is 12.8 Å². The number of rotatable bonds is 3. The number of pyridine rings is 1. The third kappa shape index (κ3) is 2.88. The van der Waals surface area contributed by atoms with Crippen LogP contribution in [-0.4, -0.2) is 24.1 Å². The van der Waals surface area contributed by atoms with Crippen LogP contribution in [0, 0.1) is 6.92 Å². The minimum Gasteiger partial charge on any atom is -0.463 e. The summed E-state index contributed by atoms with van der Waals surface area (Å²) >= 11 is 6.43. The van der Waals surface area contributed by atoms with Gasteiger partial charge in [0.1, 0.15) is 5.15 Å². The zero-order chi connectivity index (χ0) is 18.5. The van der Waals surface area contributed by atoms with Crippen molar-refractivity contribution in [2.75, 3.05) is 6.26 Å². The lowest BCUT2D eigenvalue weighted by molar-refractivity contribution is 0.349. The number of aryl methyl sites for hydroxylation is 1. The molecule has 1 aliphatic heterocycles. The molecule has 134 valence electrons. The molecular formula is C18H16ClN3O3S. The Balaban J connectivity index is 1.88. The molecule has 26 heavy (non-hydrogen) atoms. The van der Waals surface area contributed by atoms with Gasteiger partial charge in [-0.1, -0.05) is 29.8 Å². The van der Waals surface area contributed by atoms with Gasteiger partial charge in [0, 0.05) is 10.9 Å². The molecule has 0 saturated heterocycles. The van der Waals surface area contributed by atoms with Gasteiger partial charge in [0.05, 0.1) is 29.8 Å². The molecule has 0 bridgehead atoms. The number of furan rings is 1. The minimum atomic E-state index is -3.56. The highest BCUT2D eigenvalue weighted by Crippen LogP contribution is 2.37. The fourth-order valence-electron chi connectivity index (χ4n) is 3.07. The molecule has 0 unspecified atom stereocenters. The molecule has 3 heterocycles. The Morgan fingerprint density at radius 2 is 2.08 bits per heavy atom. The third-order valence-electron chi connectivity index (χ3n) is 4.30. The van der Waals surface area contributed by atoms with E-state index >= 15 is 0 Å². The number of aromatic nitrogens is 1. The largest absolute Gasteiger partial charge is 0.463 e. The van der Waals surface area contributed by atoms with Crippen molar-refractivity contribution >= 4 is 38.2 Å². The second-order valence-electron chi connectivity index (χ2n) is 6.19. The molecule has 1 aromatic carbocycles. The average Bonchev–Trinajstić information content (AvgIpc) is 3.24. The predicted molar refractivity (Wildman–Crippen MR) is 101 cm³/mol. The van der Waals surface area contributed by atoms with E-state index in [0.717, 1.165) is 27.1 Å². The third-order valence-corrected chi connectivity index (χ3v) is 5.63. The number of para-hydroxylation sites is 1. The number of benzene rings is 1. The standard InChI is InChI=1S/C18H16ClN3O3S/c1-11-5-3-6-12-9-13(18(19)20-17(11)12)15-10-14(16-7-4-8-25-16)21-22(15)26(2,23)24/h3-10,15,21H,1-2H3/t15-/m0/s1. The van der Waals surface area contributed by atoms with E-state index in [-0.39, 0.29) is 5.15 Å². The first kappa shape index (κ1) is 17.1. The monoisotopic (exact) mass is 389 g/mol. The lowest BCUT2D eigenvalue weighted by atomic mass is 10.0. The van der Waals surface area contributed by atoms with Crippen molar-refractivity contribution in [3.8, 4) is 0 Å². The van der Waals surface area contributed by atoms with Crippen LogP contribution in [0.1, 0.15) is 22.9 Å². The Bertz CT molecular complexity index is 1120. The fraction of sp³-hybridized carbons (Fsp3) is 0.167. The molecule has 0 saturated carbocycles. The zero-order valence-corrected chi connectivity index (χ0v) is 15.7. The maximum atomic E-state index is 12.3. The summed E-state index contributed by atoms with van der Waals surface area (Å²) in [5, 5.41) is 1.17. The summed E-state index contributed by atoms with van der Waals surface area (Å²) < 4.78 is 31.1. The van der Waals surface area contributed by atoms with Crippen LogP contribution < -0.4 is 5.43 Å². The molecule has 1 N–H and O–H groups in total. The normalized spacial score (nSPS) is 18.1. The summed E-state index contributed by atoms with van der Waals surface area (Å²) in [4.78, 5) is 4.49. The Morgan fingerprint density at radius 1 is 1.27 bits per heavy atom. The van der Waals surface area contributed by atoms with Gasteiger partial charge in [-0.25, -0.2) is 13.4 Å². The van der Waals surface area contributed by atoms with Crippen LogP contribution >= 0.6 is 11.6 Å². The fourth-order valence-corrected chi connectivity index (χ4v) is 4.18. The van der Waals surface area contributed by atoms with Gasteiger partial charge in [-0.3, -0.25) is 0 Å². The molecule has 0 fully saturated rings. The number of fused-ring (bicyclic) bond motifs is 1. The molecule has 4 rings (SSSR count). The van der Waals surface area contributed by atoms with Gasteiger partial charge >= 0.3 is 0 Å². The quantitative estimate of drug-likeness (QED) is 0.692. The first-order valence-electron chi connectivity index (χ1n) is 7.92. The summed E-state index contributed by atoms with van der Waals surface area (Å²) in [7, 11) is -3.56. The first-order valence-corrected chi connectivity index (χ1v) is 10.1. The Labute approximate surface area is 156 Å². The molecule has 0 radical (unpaired) electrons. The number of nitrogens with one attached hydrogen (secondary N) is 1.